The van der Waals surface area contributed by atoms with E-state index in [0.717, 1.165) is 55.4 Å². The zero-order chi connectivity index (χ0) is 47.6. The van der Waals surface area contributed by atoms with Gasteiger partial charge in [-0.15, -0.1) is 47.5 Å². The molecule has 5 nitrogen and oxygen atoms in total. The molecule has 64 heavy (non-hydrogen) atoms. The molecule has 0 amide bonds. The van der Waals surface area contributed by atoms with Gasteiger partial charge >= 0.3 is 0 Å². The molecule has 9 aromatic rings. The van der Waals surface area contributed by atoms with Gasteiger partial charge in [-0.05, 0) is 80.6 Å². The number of hydrogen-bond acceptors (Lipinski definition) is 5. The van der Waals surface area contributed by atoms with Crippen molar-refractivity contribution in [2.75, 3.05) is 0 Å². The number of fused-ring (bicyclic) bond motifs is 6. The first-order valence-electron chi connectivity index (χ1n) is 23.4. The molecule has 0 bridgehead atoms. The standard InChI is InChI=1S/C42H43N2O2.C15H15FN.Ir/c1-22(2)26-17-29(23(3)4)37(30(18-26)24(5)6)38-40-31(27-13-11-12-14-34(27)45-40)19-32-36-25(7)15-16-28(39(36)46-41(32)38)33-20-35(42(8,9)10)44-21-43-33;1-15(2,3)12-8-9-17-14(10-12)11-4-6-13(16)7-5-11;/h11-15,17-24H,1-10H3;4,6-10H,1-3H3;/q2*-1;/i7D3;;. The molecule has 0 aliphatic rings. The van der Waals surface area contributed by atoms with Crippen LogP contribution in [0.5, 0.6) is 0 Å². The minimum atomic E-state index is -2.41. The minimum absolute atomic E-state index is 0. The summed E-state index contributed by atoms with van der Waals surface area (Å²) < 4.78 is 52.5. The van der Waals surface area contributed by atoms with E-state index in [-0.39, 0.29) is 54.2 Å². The maximum absolute atomic E-state index is 12.8. The smallest absolute Gasteiger partial charge is 0.147 e. The van der Waals surface area contributed by atoms with Crippen molar-refractivity contribution < 1.29 is 37.4 Å². The van der Waals surface area contributed by atoms with Crippen molar-refractivity contribution >= 4 is 43.9 Å². The molecular weight excluding hydrogens is 970 g/mol. The number of furan rings is 2. The van der Waals surface area contributed by atoms with Gasteiger partial charge in [0.2, 0.25) is 0 Å². The van der Waals surface area contributed by atoms with E-state index >= 15 is 0 Å². The summed E-state index contributed by atoms with van der Waals surface area (Å²) in [5.41, 5.74) is 13.2. The molecule has 0 aliphatic carbocycles. The van der Waals surface area contributed by atoms with Gasteiger partial charge in [-0.25, -0.2) is 4.98 Å². The van der Waals surface area contributed by atoms with Crippen LogP contribution in [0, 0.1) is 24.8 Å². The van der Waals surface area contributed by atoms with Gasteiger partial charge in [-0.1, -0.05) is 143 Å². The summed E-state index contributed by atoms with van der Waals surface area (Å²) in [6.07, 6.45) is 3.34. The van der Waals surface area contributed by atoms with Crippen molar-refractivity contribution in [1.29, 1.82) is 0 Å². The monoisotopic (exact) mass is 1030 g/mol. The molecule has 9 rings (SSSR count). The fourth-order valence-corrected chi connectivity index (χ4v) is 8.31. The number of aromatic nitrogens is 3. The summed E-state index contributed by atoms with van der Waals surface area (Å²) >= 11 is 0. The van der Waals surface area contributed by atoms with Crippen LogP contribution in [0.3, 0.4) is 0 Å². The van der Waals surface area contributed by atoms with Crippen LogP contribution < -0.4 is 0 Å². The number of pyridine rings is 1. The molecule has 1 radical (unpaired) electrons. The molecule has 0 atom stereocenters. The molecule has 331 valence electrons. The zero-order valence-electron chi connectivity index (χ0n) is 41.8. The number of rotatable bonds is 6. The fraction of sp³-hybridized carbons (Fsp3) is 0.316. The normalized spacial score (nSPS) is 13.1. The van der Waals surface area contributed by atoms with Gasteiger partial charge in [0.05, 0.1) is 11.1 Å². The van der Waals surface area contributed by atoms with Gasteiger partial charge in [0.1, 0.15) is 23.1 Å². The molecule has 0 N–H and O–H groups in total. The first kappa shape index (κ1) is 42.5. The minimum Gasteiger partial charge on any atom is -0.500 e. The van der Waals surface area contributed by atoms with E-state index in [9.17, 15) is 4.39 Å². The molecular formula is C57H58FIrN3O2-2. The number of para-hydroxylation sites is 1. The van der Waals surface area contributed by atoms with Crippen molar-refractivity contribution in [2.24, 2.45) is 0 Å². The second kappa shape index (κ2) is 17.8. The zero-order valence-corrected chi connectivity index (χ0v) is 41.2. The summed E-state index contributed by atoms with van der Waals surface area (Å²) in [5.74, 6) is 0.469. The average molecular weight is 1030 g/mol. The van der Waals surface area contributed by atoms with Crippen molar-refractivity contribution in [3.05, 3.63) is 149 Å². The Morgan fingerprint density at radius 3 is 1.97 bits per heavy atom. The number of benzene rings is 5. The van der Waals surface area contributed by atoms with Gasteiger partial charge in [-0.2, -0.15) is 0 Å². The van der Waals surface area contributed by atoms with E-state index in [0.29, 0.717) is 33.7 Å². The molecule has 4 aromatic heterocycles. The number of aryl methyl sites for hydroxylation is 1. The van der Waals surface area contributed by atoms with Crippen LogP contribution in [-0.2, 0) is 30.9 Å². The Balaban J connectivity index is 0.000000312. The van der Waals surface area contributed by atoms with Gasteiger partial charge in [0, 0.05) is 63.5 Å². The van der Waals surface area contributed by atoms with Crippen LogP contribution >= 0.6 is 0 Å². The topological polar surface area (TPSA) is 65.0 Å². The van der Waals surface area contributed by atoms with E-state index in [1.165, 1.54) is 34.4 Å². The fourth-order valence-electron chi connectivity index (χ4n) is 8.31. The first-order chi connectivity index (χ1) is 31.0. The first-order valence-corrected chi connectivity index (χ1v) is 21.9. The van der Waals surface area contributed by atoms with E-state index < -0.39 is 6.85 Å². The Morgan fingerprint density at radius 1 is 0.641 bits per heavy atom. The second-order valence-corrected chi connectivity index (χ2v) is 19.7. The molecule has 4 heterocycles. The van der Waals surface area contributed by atoms with E-state index in [1.807, 2.05) is 36.4 Å². The van der Waals surface area contributed by atoms with Gasteiger partial charge < -0.3 is 13.8 Å². The van der Waals surface area contributed by atoms with Gasteiger partial charge in [-0.3, -0.25) is 9.37 Å². The molecule has 0 fully saturated rings. The van der Waals surface area contributed by atoms with Crippen molar-refractivity contribution in [3.63, 3.8) is 0 Å². The van der Waals surface area contributed by atoms with Crippen LogP contribution in [0.15, 0.2) is 106 Å². The quantitative estimate of drug-likeness (QED) is 0.155. The molecule has 0 saturated carbocycles. The van der Waals surface area contributed by atoms with E-state index in [1.54, 1.807) is 24.7 Å². The largest absolute Gasteiger partial charge is 0.500 e. The maximum atomic E-state index is 12.8. The third-order valence-corrected chi connectivity index (χ3v) is 11.9. The third kappa shape index (κ3) is 8.82. The predicted molar refractivity (Wildman–Crippen MR) is 259 cm³/mol. The molecule has 0 unspecified atom stereocenters. The Kier molecular flexibility index (Phi) is 11.8. The maximum Gasteiger partial charge on any atom is 0.147 e. The summed E-state index contributed by atoms with van der Waals surface area (Å²) in [5, 5.41) is 3.16. The van der Waals surface area contributed by atoms with Gasteiger partial charge in [0.25, 0.3) is 0 Å². The SMILES string of the molecule is CC(C)(C)c1ccnc(-c2[c-]cc(F)cc2)c1.[2H]C([2H])([2H])c1c[c-]c(-c2cc(C(C)(C)C)ncn2)c2oc3c(-c4c(C(C)C)cc(C(C)C)cc4C(C)C)c4oc5ccccc5c4cc3c12.[Ir]. The number of halogens is 1. The molecule has 0 aliphatic heterocycles. The predicted octanol–water partition coefficient (Wildman–Crippen LogP) is 16.4. The Hall–Kier alpha value is -5.49. The molecule has 5 aromatic carbocycles. The van der Waals surface area contributed by atoms with Crippen LogP contribution in [0.2, 0.25) is 0 Å². The van der Waals surface area contributed by atoms with Gasteiger partial charge in [0.15, 0.2) is 0 Å². The second-order valence-electron chi connectivity index (χ2n) is 19.7. The third-order valence-electron chi connectivity index (χ3n) is 11.9. The van der Waals surface area contributed by atoms with E-state index in [4.69, 9.17) is 12.9 Å². The molecule has 7 heteroatoms. The molecule has 0 spiro atoms. The summed E-state index contributed by atoms with van der Waals surface area (Å²) in [6.45, 7) is 23.7. The van der Waals surface area contributed by atoms with Crippen molar-refractivity contribution in [2.45, 2.75) is 119 Å². The Bertz CT molecular complexity index is 3230. The average Bonchev–Trinajstić information content (AvgIpc) is 3.83. The Morgan fingerprint density at radius 2 is 1.34 bits per heavy atom. The summed E-state index contributed by atoms with van der Waals surface area (Å²) in [4.78, 5) is 13.5. The van der Waals surface area contributed by atoms with Crippen LogP contribution in [-0.4, -0.2) is 15.0 Å². The Labute approximate surface area is 395 Å². The number of nitrogens with zero attached hydrogens (tertiary/aromatic N) is 3. The van der Waals surface area contributed by atoms with Crippen LogP contribution in [0.4, 0.5) is 4.39 Å². The van der Waals surface area contributed by atoms with Crippen molar-refractivity contribution in [1.82, 2.24) is 15.0 Å². The summed E-state index contributed by atoms with van der Waals surface area (Å²) in [7, 11) is 0. The van der Waals surface area contributed by atoms with E-state index in [2.05, 4.69) is 134 Å². The summed E-state index contributed by atoms with van der Waals surface area (Å²) in [6, 6.07) is 32.9. The van der Waals surface area contributed by atoms with Crippen LogP contribution in [0.1, 0.15) is 138 Å². The van der Waals surface area contributed by atoms with Crippen molar-refractivity contribution in [3.8, 4) is 33.6 Å². The molecule has 0 saturated heterocycles. The number of hydrogen-bond donors (Lipinski definition) is 0. The van der Waals surface area contributed by atoms with Crippen LogP contribution in [0.25, 0.3) is 77.5 Å².